The van der Waals surface area contributed by atoms with E-state index in [9.17, 15) is 19.7 Å². The zero-order valence-electron chi connectivity index (χ0n) is 11.1. The Morgan fingerprint density at radius 3 is 2.45 bits per heavy atom. The first-order valence-electron chi connectivity index (χ1n) is 6.04. The number of nitro groups is 1. The van der Waals surface area contributed by atoms with Gasteiger partial charge in [0.25, 0.3) is 17.5 Å². The Morgan fingerprint density at radius 2 is 1.82 bits per heavy atom. The van der Waals surface area contributed by atoms with Gasteiger partial charge in [0.05, 0.1) is 26.8 Å². The summed E-state index contributed by atoms with van der Waals surface area (Å²) in [6.45, 7) is 0. The minimum Gasteiger partial charge on any atom is -0.366 e. The number of nitro benzene ring substituents is 1. The first-order valence-corrected chi connectivity index (χ1v) is 6.42. The molecule has 0 saturated heterocycles. The Morgan fingerprint density at radius 1 is 1.14 bits per heavy atom. The van der Waals surface area contributed by atoms with Gasteiger partial charge in [0, 0.05) is 12.1 Å². The molecular weight excluding hydrogens is 310 g/mol. The van der Waals surface area contributed by atoms with Gasteiger partial charge in [-0.15, -0.1) is 0 Å². The third kappa shape index (κ3) is 3.21. The van der Waals surface area contributed by atoms with Gasteiger partial charge >= 0.3 is 0 Å². The highest BCUT2D eigenvalue weighted by Crippen LogP contribution is 2.24. The van der Waals surface area contributed by atoms with Crippen molar-refractivity contribution in [1.29, 1.82) is 0 Å². The molecule has 0 aromatic heterocycles. The van der Waals surface area contributed by atoms with E-state index in [1.54, 1.807) is 12.1 Å². The van der Waals surface area contributed by atoms with Crippen LogP contribution in [0.5, 0.6) is 0 Å². The van der Waals surface area contributed by atoms with Crippen molar-refractivity contribution in [1.82, 2.24) is 0 Å². The predicted molar refractivity (Wildman–Crippen MR) is 81.0 cm³/mol. The monoisotopic (exact) mass is 319 g/mol. The fraction of sp³-hybridized carbons (Fsp3) is 0. The molecule has 2 aromatic carbocycles. The van der Waals surface area contributed by atoms with E-state index in [1.165, 1.54) is 24.3 Å². The van der Waals surface area contributed by atoms with E-state index in [1.807, 2.05) is 0 Å². The molecule has 22 heavy (non-hydrogen) atoms. The number of carbonyl (C=O) groups excluding carboxylic acids is 2. The van der Waals surface area contributed by atoms with Crippen molar-refractivity contribution in [2.45, 2.75) is 0 Å². The summed E-state index contributed by atoms with van der Waals surface area (Å²) in [5.74, 6) is -1.39. The molecule has 0 bridgehead atoms. The third-order valence-corrected chi connectivity index (χ3v) is 3.18. The molecule has 0 aliphatic rings. The molecule has 0 aliphatic carbocycles. The number of anilines is 1. The maximum atomic E-state index is 12.2. The molecule has 112 valence electrons. The number of hydrogen-bond donors (Lipinski definition) is 2. The second-order valence-corrected chi connectivity index (χ2v) is 4.69. The number of non-ortho nitro benzene ring substituents is 1. The maximum Gasteiger partial charge on any atom is 0.270 e. The van der Waals surface area contributed by atoms with Crippen LogP contribution >= 0.6 is 11.6 Å². The lowest BCUT2D eigenvalue weighted by atomic mass is 10.1. The molecule has 0 fully saturated rings. The Labute approximate surface area is 129 Å². The molecule has 3 N–H and O–H groups in total. The van der Waals surface area contributed by atoms with Crippen LogP contribution in [0.1, 0.15) is 20.7 Å². The van der Waals surface area contributed by atoms with Crippen molar-refractivity contribution < 1.29 is 14.5 Å². The van der Waals surface area contributed by atoms with Crippen molar-refractivity contribution in [3.63, 3.8) is 0 Å². The Bertz CT molecular complexity index is 776. The molecule has 0 atom stereocenters. The average Bonchev–Trinajstić information content (AvgIpc) is 2.47. The summed E-state index contributed by atoms with van der Waals surface area (Å²) in [6.07, 6.45) is 0. The molecule has 0 spiro atoms. The predicted octanol–water partition coefficient (Wildman–Crippen LogP) is 2.60. The average molecular weight is 320 g/mol. The van der Waals surface area contributed by atoms with E-state index in [2.05, 4.69) is 5.32 Å². The number of amides is 2. The Hall–Kier alpha value is -2.93. The van der Waals surface area contributed by atoms with Gasteiger partial charge in [-0.3, -0.25) is 19.7 Å². The quantitative estimate of drug-likeness (QED) is 0.665. The maximum absolute atomic E-state index is 12.2. The van der Waals surface area contributed by atoms with Gasteiger partial charge in [-0.25, -0.2) is 0 Å². The number of primary amides is 1. The van der Waals surface area contributed by atoms with E-state index < -0.39 is 16.7 Å². The standard InChI is InChI=1S/C14H10ClN3O4/c15-11-6-5-8(18(21)22)7-10(11)14(20)17-12-4-2-1-3-9(12)13(16)19/h1-7H,(H2,16,19)(H,17,20). The lowest BCUT2D eigenvalue weighted by Gasteiger charge is -2.09. The van der Waals surface area contributed by atoms with Crippen LogP contribution < -0.4 is 11.1 Å². The number of halogens is 1. The largest absolute Gasteiger partial charge is 0.366 e. The molecule has 2 amide bonds. The van der Waals surface area contributed by atoms with Gasteiger partial charge in [-0.05, 0) is 18.2 Å². The summed E-state index contributed by atoms with van der Waals surface area (Å²) in [6, 6.07) is 9.65. The van der Waals surface area contributed by atoms with Crippen molar-refractivity contribution in [2.75, 3.05) is 5.32 Å². The summed E-state index contributed by atoms with van der Waals surface area (Å²) < 4.78 is 0. The fourth-order valence-electron chi connectivity index (χ4n) is 1.80. The number of nitrogens with one attached hydrogen (secondary N) is 1. The molecule has 0 aliphatic heterocycles. The number of rotatable bonds is 4. The van der Waals surface area contributed by atoms with Crippen molar-refractivity contribution >= 4 is 34.8 Å². The van der Waals surface area contributed by atoms with Gasteiger partial charge in [0.15, 0.2) is 0 Å². The van der Waals surface area contributed by atoms with Gasteiger partial charge in [-0.2, -0.15) is 0 Å². The highest BCUT2D eigenvalue weighted by molar-refractivity contribution is 6.34. The Kier molecular flexibility index (Phi) is 4.38. The van der Waals surface area contributed by atoms with Crippen LogP contribution in [0.25, 0.3) is 0 Å². The number of carbonyl (C=O) groups is 2. The number of nitrogens with zero attached hydrogens (tertiary/aromatic N) is 1. The first kappa shape index (κ1) is 15.5. The second kappa shape index (κ2) is 6.23. The summed E-state index contributed by atoms with van der Waals surface area (Å²) in [4.78, 5) is 33.6. The van der Waals surface area contributed by atoms with Crippen LogP contribution in [-0.2, 0) is 0 Å². The number of para-hydroxylation sites is 1. The van der Waals surface area contributed by atoms with Crippen LogP contribution in [0.15, 0.2) is 42.5 Å². The van der Waals surface area contributed by atoms with E-state index in [0.717, 1.165) is 6.07 Å². The zero-order chi connectivity index (χ0) is 16.3. The number of nitrogens with two attached hydrogens (primary N) is 1. The first-order chi connectivity index (χ1) is 10.4. The highest BCUT2D eigenvalue weighted by atomic mass is 35.5. The van der Waals surface area contributed by atoms with E-state index in [4.69, 9.17) is 17.3 Å². The lowest BCUT2D eigenvalue weighted by molar-refractivity contribution is -0.384. The fourth-order valence-corrected chi connectivity index (χ4v) is 2.00. The molecule has 8 heteroatoms. The van der Waals surface area contributed by atoms with Crippen LogP contribution in [0.4, 0.5) is 11.4 Å². The molecule has 0 unspecified atom stereocenters. The van der Waals surface area contributed by atoms with Crippen molar-refractivity contribution in [3.05, 3.63) is 68.7 Å². The van der Waals surface area contributed by atoms with Crippen LogP contribution in [0.3, 0.4) is 0 Å². The van der Waals surface area contributed by atoms with Crippen molar-refractivity contribution in [3.8, 4) is 0 Å². The summed E-state index contributed by atoms with van der Waals surface area (Å²) in [7, 11) is 0. The normalized spacial score (nSPS) is 10.0. The van der Waals surface area contributed by atoms with Gasteiger partial charge in [0.2, 0.25) is 0 Å². The SMILES string of the molecule is NC(=O)c1ccccc1NC(=O)c1cc([N+](=O)[O-])ccc1Cl. The minimum atomic E-state index is -0.707. The van der Waals surface area contributed by atoms with Crippen LogP contribution in [0.2, 0.25) is 5.02 Å². The topological polar surface area (TPSA) is 115 Å². The molecule has 7 nitrogen and oxygen atoms in total. The van der Waals surface area contributed by atoms with Crippen molar-refractivity contribution in [2.24, 2.45) is 5.73 Å². The smallest absolute Gasteiger partial charge is 0.270 e. The summed E-state index contributed by atoms with van der Waals surface area (Å²) in [5, 5.41) is 13.3. The van der Waals surface area contributed by atoms with Crippen LogP contribution in [0, 0.1) is 10.1 Å². The Balaban J connectivity index is 2.36. The lowest BCUT2D eigenvalue weighted by Crippen LogP contribution is -2.18. The zero-order valence-corrected chi connectivity index (χ0v) is 11.8. The molecular formula is C14H10ClN3O4. The van der Waals surface area contributed by atoms with Crippen LogP contribution in [-0.4, -0.2) is 16.7 Å². The number of benzene rings is 2. The summed E-state index contributed by atoms with van der Waals surface area (Å²) >= 11 is 5.89. The van der Waals surface area contributed by atoms with E-state index >= 15 is 0 Å². The van der Waals surface area contributed by atoms with E-state index in [-0.39, 0.29) is 27.5 Å². The van der Waals surface area contributed by atoms with E-state index in [0.29, 0.717) is 0 Å². The minimum absolute atomic E-state index is 0.0552. The van der Waals surface area contributed by atoms with Gasteiger partial charge in [0.1, 0.15) is 0 Å². The number of hydrogen-bond acceptors (Lipinski definition) is 4. The van der Waals surface area contributed by atoms with Gasteiger partial charge < -0.3 is 11.1 Å². The van der Waals surface area contributed by atoms with Gasteiger partial charge in [-0.1, -0.05) is 23.7 Å². The molecule has 2 aromatic rings. The third-order valence-electron chi connectivity index (χ3n) is 2.85. The molecule has 2 rings (SSSR count). The molecule has 0 heterocycles. The summed E-state index contributed by atoms with van der Waals surface area (Å²) in [5.41, 5.74) is 5.20. The highest BCUT2D eigenvalue weighted by Gasteiger charge is 2.17. The second-order valence-electron chi connectivity index (χ2n) is 4.29. The molecule has 0 saturated carbocycles. The molecule has 0 radical (unpaired) electrons.